The van der Waals surface area contributed by atoms with Crippen LogP contribution >= 0.6 is 0 Å². The number of nitrogens with zero attached hydrogens (tertiary/aromatic N) is 5. The molecule has 0 saturated carbocycles. The quantitative estimate of drug-likeness (QED) is 0.220. The molecule has 0 aliphatic heterocycles. The molecule has 1 aliphatic carbocycles. The zero-order valence-electron chi connectivity index (χ0n) is 20.5. The lowest BCUT2D eigenvalue weighted by molar-refractivity contribution is -0.725. The summed E-state index contributed by atoms with van der Waals surface area (Å²) >= 11 is 0. The van der Waals surface area contributed by atoms with E-state index in [1.54, 1.807) is 24.3 Å². The van der Waals surface area contributed by atoms with Gasteiger partial charge in [-0.05, 0) is 35.4 Å². The zero-order chi connectivity index (χ0) is 27.1. The van der Waals surface area contributed by atoms with Crippen LogP contribution in [-0.2, 0) is 5.54 Å². The van der Waals surface area contributed by atoms with Crippen LogP contribution in [0, 0.1) is 11.1 Å². The van der Waals surface area contributed by atoms with Gasteiger partial charge in [-0.15, -0.1) is 0 Å². The average molecular weight is 520 g/mol. The molecule has 10 heteroatoms. The third kappa shape index (κ3) is 4.17. The Hall–Kier alpha value is -4.60. The maximum Gasteiger partial charge on any atom is 0.422 e. The first-order valence-corrected chi connectivity index (χ1v) is 11.8. The van der Waals surface area contributed by atoms with Gasteiger partial charge in [-0.2, -0.15) is 28.2 Å². The molecule has 2 atom stereocenters. The third-order valence-corrected chi connectivity index (χ3v) is 6.72. The predicted octanol–water partition coefficient (Wildman–Crippen LogP) is 5.30. The summed E-state index contributed by atoms with van der Waals surface area (Å²) in [6.07, 6.45) is -1.48. The fourth-order valence-corrected chi connectivity index (χ4v) is 4.91. The lowest BCUT2D eigenvalue weighted by Gasteiger charge is -2.39. The van der Waals surface area contributed by atoms with Crippen molar-refractivity contribution in [1.29, 1.82) is 0 Å². The highest BCUT2D eigenvalue weighted by Crippen LogP contribution is 2.45. The van der Waals surface area contributed by atoms with Crippen molar-refractivity contribution in [2.24, 2.45) is 5.92 Å². The van der Waals surface area contributed by atoms with Crippen molar-refractivity contribution < 1.29 is 23.3 Å². The molecule has 7 nitrogen and oxygen atoms in total. The Balaban J connectivity index is 1.88. The van der Waals surface area contributed by atoms with E-state index in [1.807, 2.05) is 73.6 Å². The van der Waals surface area contributed by atoms with Crippen LogP contribution in [0.15, 0.2) is 103 Å². The van der Waals surface area contributed by atoms with Crippen molar-refractivity contribution in [1.82, 2.24) is 15.0 Å². The molecule has 5 rings (SSSR count). The second-order valence-corrected chi connectivity index (χ2v) is 9.17. The molecule has 0 fully saturated rings. The summed E-state index contributed by atoms with van der Waals surface area (Å²) in [5, 5.41) is 30.6. The van der Waals surface area contributed by atoms with Crippen LogP contribution in [0.5, 0.6) is 0 Å². The molecule has 0 amide bonds. The molecule has 194 valence electrons. The molecule has 4 aromatic rings. The lowest BCUT2D eigenvalue weighted by atomic mass is 9.71. The summed E-state index contributed by atoms with van der Waals surface area (Å²) in [6.45, 7) is 0. The SMILES string of the molecule is CN(C)c1ccc(C(c2ccccc2)(C2C=C/C(=[N+](/[O-])O)C(C(F)(F)F)=C2)n2nc3ccccc3n2)cc1. The van der Waals surface area contributed by atoms with Crippen LogP contribution in [-0.4, -0.2) is 51.1 Å². The highest BCUT2D eigenvalue weighted by atomic mass is 19.4. The van der Waals surface area contributed by atoms with Gasteiger partial charge in [-0.3, -0.25) is 5.21 Å². The molecule has 0 radical (unpaired) electrons. The number of fused-ring (bicyclic) bond motifs is 1. The van der Waals surface area contributed by atoms with Gasteiger partial charge >= 0.3 is 6.18 Å². The van der Waals surface area contributed by atoms with Gasteiger partial charge in [0.1, 0.15) is 22.1 Å². The van der Waals surface area contributed by atoms with E-state index in [0.29, 0.717) is 22.2 Å². The second kappa shape index (κ2) is 9.37. The zero-order valence-corrected chi connectivity index (χ0v) is 20.5. The van der Waals surface area contributed by atoms with Crippen molar-refractivity contribution in [2.45, 2.75) is 11.7 Å². The van der Waals surface area contributed by atoms with Gasteiger partial charge < -0.3 is 10.1 Å². The lowest BCUT2D eigenvalue weighted by Crippen LogP contribution is -2.45. The molecular formula is C28H24F3N5O2. The Labute approximate surface area is 216 Å². The van der Waals surface area contributed by atoms with E-state index in [-0.39, 0.29) is 0 Å². The molecular weight excluding hydrogens is 495 g/mol. The van der Waals surface area contributed by atoms with Crippen LogP contribution in [0.3, 0.4) is 0 Å². The predicted molar refractivity (Wildman–Crippen MR) is 138 cm³/mol. The Morgan fingerprint density at radius 3 is 1.95 bits per heavy atom. The minimum atomic E-state index is -4.90. The first-order chi connectivity index (χ1) is 18.1. The van der Waals surface area contributed by atoms with Crippen molar-refractivity contribution >= 4 is 22.4 Å². The summed E-state index contributed by atoms with van der Waals surface area (Å²) in [5.41, 5.74) is -0.200. The van der Waals surface area contributed by atoms with Crippen molar-refractivity contribution in [2.75, 3.05) is 19.0 Å². The molecule has 38 heavy (non-hydrogen) atoms. The number of aromatic nitrogens is 3. The Bertz CT molecular complexity index is 1520. The number of hydrogen-bond donors (Lipinski definition) is 1. The molecule has 0 spiro atoms. The van der Waals surface area contributed by atoms with E-state index in [1.165, 1.54) is 10.9 Å². The molecule has 1 N–H and O–H groups in total. The number of halogens is 3. The molecule has 3 aromatic carbocycles. The number of benzene rings is 3. The van der Waals surface area contributed by atoms with Crippen LogP contribution in [0.2, 0.25) is 0 Å². The molecule has 1 aliphatic rings. The van der Waals surface area contributed by atoms with Crippen LogP contribution in [0.25, 0.3) is 11.0 Å². The van der Waals surface area contributed by atoms with E-state index in [4.69, 9.17) is 10.2 Å². The summed E-state index contributed by atoms with van der Waals surface area (Å²) in [5.74, 6) is -1.00. The monoisotopic (exact) mass is 519 g/mol. The normalized spacial score (nSPS) is 18.7. The first kappa shape index (κ1) is 25.1. The highest BCUT2D eigenvalue weighted by molar-refractivity contribution is 6.06. The van der Waals surface area contributed by atoms with E-state index in [0.717, 1.165) is 17.8 Å². The minimum Gasteiger partial charge on any atom is -0.417 e. The fraction of sp³-hybridized carbons (Fsp3) is 0.179. The van der Waals surface area contributed by atoms with Gasteiger partial charge in [-0.25, -0.2) is 0 Å². The first-order valence-electron chi connectivity index (χ1n) is 11.8. The summed E-state index contributed by atoms with van der Waals surface area (Å²) in [7, 11) is 3.79. The van der Waals surface area contributed by atoms with Crippen LogP contribution in [0.1, 0.15) is 11.1 Å². The molecule has 2 unspecified atom stereocenters. The maximum absolute atomic E-state index is 14.2. The van der Waals surface area contributed by atoms with Gasteiger partial charge in [-0.1, -0.05) is 66.7 Å². The van der Waals surface area contributed by atoms with E-state index >= 15 is 0 Å². The number of hydrogen-bond acceptors (Lipinski definition) is 5. The maximum atomic E-state index is 14.2. The third-order valence-electron chi connectivity index (χ3n) is 6.72. The highest BCUT2D eigenvalue weighted by Gasteiger charge is 2.50. The molecule has 1 aromatic heterocycles. The number of alkyl halides is 3. The fourth-order valence-electron chi connectivity index (χ4n) is 4.91. The van der Waals surface area contributed by atoms with Crippen LogP contribution in [0.4, 0.5) is 18.9 Å². The summed E-state index contributed by atoms with van der Waals surface area (Å²) < 4.78 is 42.6. The Morgan fingerprint density at radius 2 is 1.42 bits per heavy atom. The Morgan fingerprint density at radius 1 is 0.868 bits per heavy atom. The van der Waals surface area contributed by atoms with Gasteiger partial charge in [0.05, 0.1) is 0 Å². The molecule has 0 bridgehead atoms. The van der Waals surface area contributed by atoms with Gasteiger partial charge in [0.2, 0.25) is 0 Å². The van der Waals surface area contributed by atoms with Gasteiger partial charge in [0.25, 0.3) is 5.71 Å². The van der Waals surface area contributed by atoms with E-state index in [2.05, 4.69) is 0 Å². The largest absolute Gasteiger partial charge is 0.422 e. The van der Waals surface area contributed by atoms with Crippen molar-refractivity contribution in [3.05, 3.63) is 119 Å². The standard InChI is InChI=1S/C28H24F3N5O2/c1-34(2)22-15-12-20(13-16-22)27(19-8-4-3-5-9-19,36-32-24-10-6-7-11-25(24)33-36)21-14-17-26(35(37)38)23(18-21)28(29,30)31/h3-18,21H,1-2H3,(H,37,38). The summed E-state index contributed by atoms with van der Waals surface area (Å²) in [4.78, 5) is 2.61. The number of rotatable bonds is 5. The van der Waals surface area contributed by atoms with Crippen LogP contribution < -0.4 is 4.90 Å². The van der Waals surface area contributed by atoms with Crippen molar-refractivity contribution in [3.8, 4) is 0 Å². The van der Waals surface area contributed by atoms with Crippen molar-refractivity contribution in [3.63, 3.8) is 0 Å². The van der Waals surface area contributed by atoms with E-state index < -0.39 is 33.8 Å². The second-order valence-electron chi connectivity index (χ2n) is 9.17. The Kier molecular flexibility index (Phi) is 6.18. The topological polar surface area (TPSA) is 80.2 Å². The van der Waals surface area contributed by atoms with Gasteiger partial charge in [0.15, 0.2) is 0 Å². The van der Waals surface area contributed by atoms with Gasteiger partial charge in [0, 0.05) is 36.7 Å². The summed E-state index contributed by atoms with van der Waals surface area (Å²) in [6, 6.07) is 23.7. The average Bonchev–Trinajstić information content (AvgIpc) is 3.34. The smallest absolute Gasteiger partial charge is 0.417 e. The van der Waals surface area contributed by atoms with E-state index in [9.17, 15) is 23.6 Å². The number of anilines is 1. The number of allylic oxidation sites excluding steroid dienone is 4. The molecule has 0 saturated heterocycles. The minimum absolute atomic E-state index is 0.575. The molecule has 1 heterocycles.